The Balaban J connectivity index is 1.64. The molecule has 0 saturated heterocycles. The molecule has 1 atom stereocenters. The van der Waals surface area contributed by atoms with Gasteiger partial charge in [0, 0.05) is 11.8 Å². The lowest BCUT2D eigenvalue weighted by atomic mass is 10.1. The predicted molar refractivity (Wildman–Crippen MR) is 107 cm³/mol. The number of hydrogen-bond acceptors (Lipinski definition) is 4. The van der Waals surface area contributed by atoms with Crippen LogP contribution in [0.5, 0.6) is 0 Å². The van der Waals surface area contributed by atoms with Crippen LogP contribution in [-0.4, -0.2) is 27.3 Å². The first-order chi connectivity index (χ1) is 13.5. The molecule has 0 fully saturated rings. The number of ether oxygens (including phenoxy) is 1. The maximum atomic E-state index is 12.7. The van der Waals surface area contributed by atoms with Crippen molar-refractivity contribution in [2.24, 2.45) is 0 Å². The van der Waals surface area contributed by atoms with E-state index >= 15 is 0 Å². The molecule has 1 aliphatic heterocycles. The molecule has 0 radical (unpaired) electrons. The number of pyridine rings is 1. The topological polar surface area (TPSA) is 69.0 Å². The average molecular weight is 397 g/mol. The summed E-state index contributed by atoms with van der Waals surface area (Å²) in [5.41, 5.74) is 6.15. The molecule has 28 heavy (non-hydrogen) atoms. The molecule has 0 spiro atoms. The van der Waals surface area contributed by atoms with E-state index in [9.17, 15) is 4.79 Å². The Morgan fingerprint density at radius 2 is 2.04 bits per heavy atom. The molecule has 7 heteroatoms. The highest BCUT2D eigenvalue weighted by atomic mass is 35.5. The third-order valence-corrected chi connectivity index (χ3v) is 5.42. The number of aryl methyl sites for hydroxylation is 3. The zero-order chi connectivity index (χ0) is 19.8. The molecule has 0 bridgehead atoms. The number of aromatic nitrogens is 3. The smallest absolute Gasteiger partial charge is 0.270 e. The Morgan fingerprint density at radius 1 is 1.21 bits per heavy atom. The Hall–Kier alpha value is -2.70. The van der Waals surface area contributed by atoms with Gasteiger partial charge in [-0.15, -0.1) is 0 Å². The molecule has 3 heterocycles. The first kappa shape index (κ1) is 18.7. The highest BCUT2D eigenvalue weighted by Crippen LogP contribution is 2.31. The number of para-hydroxylation sites is 1. The molecule has 1 N–H and O–H groups in total. The molecule has 144 valence electrons. The van der Waals surface area contributed by atoms with E-state index in [2.05, 4.69) is 15.4 Å². The average Bonchev–Trinajstić information content (AvgIpc) is 3.09. The standard InChI is InChI=1S/C21H21ClN4O2/c1-12-5-4-6-16(22)20(12)26-19-11-28-10-18(15(19)9-24-26)25-21(27)17-7-13(2)14(3)8-23-17/h4-9,18H,10-11H2,1-3H3,(H,25,27). The fourth-order valence-corrected chi connectivity index (χ4v) is 3.67. The van der Waals surface area contributed by atoms with Gasteiger partial charge >= 0.3 is 0 Å². The van der Waals surface area contributed by atoms with Crippen LogP contribution in [0, 0.1) is 20.8 Å². The van der Waals surface area contributed by atoms with Crippen LogP contribution in [-0.2, 0) is 11.3 Å². The predicted octanol–water partition coefficient (Wildman–Crippen LogP) is 3.85. The fourth-order valence-electron chi connectivity index (χ4n) is 3.37. The Bertz CT molecular complexity index is 1040. The molecule has 1 aromatic carbocycles. The lowest BCUT2D eigenvalue weighted by molar-refractivity contribution is 0.0684. The zero-order valence-electron chi connectivity index (χ0n) is 16.0. The van der Waals surface area contributed by atoms with Gasteiger partial charge in [0.25, 0.3) is 5.91 Å². The monoisotopic (exact) mass is 396 g/mol. The van der Waals surface area contributed by atoms with Crippen LogP contribution in [0.4, 0.5) is 0 Å². The maximum Gasteiger partial charge on any atom is 0.270 e. The van der Waals surface area contributed by atoms with Crippen molar-refractivity contribution in [3.8, 4) is 5.69 Å². The molecule has 0 aliphatic carbocycles. The first-order valence-electron chi connectivity index (χ1n) is 9.10. The summed E-state index contributed by atoms with van der Waals surface area (Å²) >= 11 is 6.41. The summed E-state index contributed by atoms with van der Waals surface area (Å²) < 4.78 is 7.55. The summed E-state index contributed by atoms with van der Waals surface area (Å²) in [5, 5.41) is 8.17. The number of amides is 1. The van der Waals surface area contributed by atoms with Crippen LogP contribution in [0.1, 0.15) is 44.5 Å². The van der Waals surface area contributed by atoms with Crippen molar-refractivity contribution in [2.45, 2.75) is 33.4 Å². The van der Waals surface area contributed by atoms with Crippen LogP contribution < -0.4 is 5.32 Å². The van der Waals surface area contributed by atoms with Crippen molar-refractivity contribution in [2.75, 3.05) is 6.61 Å². The minimum Gasteiger partial charge on any atom is -0.373 e. The number of nitrogens with zero attached hydrogens (tertiary/aromatic N) is 3. The van der Waals surface area contributed by atoms with E-state index in [1.807, 2.05) is 39.0 Å². The van der Waals surface area contributed by atoms with E-state index in [0.29, 0.717) is 23.9 Å². The Labute approximate surface area is 168 Å². The van der Waals surface area contributed by atoms with Crippen LogP contribution >= 0.6 is 11.6 Å². The molecular weight excluding hydrogens is 376 g/mol. The van der Waals surface area contributed by atoms with E-state index in [-0.39, 0.29) is 11.9 Å². The number of nitrogens with one attached hydrogen (secondary N) is 1. The molecular formula is C21H21ClN4O2. The summed E-state index contributed by atoms with van der Waals surface area (Å²) in [7, 11) is 0. The van der Waals surface area contributed by atoms with E-state index in [1.54, 1.807) is 23.1 Å². The fraction of sp³-hybridized carbons (Fsp3) is 0.286. The van der Waals surface area contributed by atoms with Crippen molar-refractivity contribution >= 4 is 17.5 Å². The Morgan fingerprint density at radius 3 is 2.79 bits per heavy atom. The lowest BCUT2D eigenvalue weighted by Crippen LogP contribution is -2.34. The number of fused-ring (bicyclic) bond motifs is 1. The minimum atomic E-state index is -0.295. The number of hydrogen-bond donors (Lipinski definition) is 1. The highest BCUT2D eigenvalue weighted by molar-refractivity contribution is 6.32. The lowest BCUT2D eigenvalue weighted by Gasteiger charge is -2.25. The number of halogens is 1. The number of carbonyl (C=O) groups is 1. The van der Waals surface area contributed by atoms with Gasteiger partial charge in [-0.25, -0.2) is 4.68 Å². The first-order valence-corrected chi connectivity index (χ1v) is 9.47. The molecule has 6 nitrogen and oxygen atoms in total. The summed E-state index contributed by atoms with van der Waals surface area (Å²) in [6.07, 6.45) is 3.49. The van der Waals surface area contributed by atoms with Gasteiger partial charge in [0.2, 0.25) is 0 Å². The zero-order valence-corrected chi connectivity index (χ0v) is 16.7. The second kappa shape index (κ2) is 7.37. The third-order valence-electron chi connectivity index (χ3n) is 5.11. The number of rotatable bonds is 3. The normalized spacial score (nSPS) is 15.9. The molecule has 4 rings (SSSR count). The van der Waals surface area contributed by atoms with Crippen molar-refractivity contribution < 1.29 is 9.53 Å². The van der Waals surface area contributed by atoms with Gasteiger partial charge in [-0.05, 0) is 49.6 Å². The molecule has 0 saturated carbocycles. The second-order valence-corrected chi connectivity index (χ2v) is 7.47. The molecule has 2 aromatic heterocycles. The molecule has 1 amide bonds. The van der Waals surface area contributed by atoms with E-state index in [4.69, 9.17) is 16.3 Å². The van der Waals surface area contributed by atoms with Crippen molar-refractivity contribution in [3.63, 3.8) is 0 Å². The maximum absolute atomic E-state index is 12.7. The van der Waals surface area contributed by atoms with Gasteiger partial charge in [-0.1, -0.05) is 23.7 Å². The highest BCUT2D eigenvalue weighted by Gasteiger charge is 2.28. The van der Waals surface area contributed by atoms with Crippen LogP contribution in [0.25, 0.3) is 5.69 Å². The molecule has 1 aliphatic rings. The number of carbonyl (C=O) groups excluding carboxylic acids is 1. The van der Waals surface area contributed by atoms with E-state index in [1.165, 1.54) is 0 Å². The second-order valence-electron chi connectivity index (χ2n) is 7.06. The van der Waals surface area contributed by atoms with Crippen molar-refractivity contribution in [3.05, 3.63) is 75.3 Å². The van der Waals surface area contributed by atoms with Crippen molar-refractivity contribution in [1.82, 2.24) is 20.1 Å². The largest absolute Gasteiger partial charge is 0.373 e. The summed E-state index contributed by atoms with van der Waals surface area (Å²) in [6, 6.07) is 7.24. The van der Waals surface area contributed by atoms with Gasteiger partial charge in [0.05, 0.1) is 41.9 Å². The molecule has 1 unspecified atom stereocenters. The minimum absolute atomic E-state index is 0.230. The summed E-state index contributed by atoms with van der Waals surface area (Å²) in [6.45, 7) is 6.72. The SMILES string of the molecule is Cc1cnc(C(=O)NC2COCc3c2cnn3-c2c(C)cccc2Cl)cc1C. The van der Waals surface area contributed by atoms with E-state index < -0.39 is 0 Å². The summed E-state index contributed by atoms with van der Waals surface area (Å²) in [4.78, 5) is 16.9. The van der Waals surface area contributed by atoms with Gasteiger partial charge in [-0.3, -0.25) is 9.78 Å². The van der Waals surface area contributed by atoms with Crippen LogP contribution in [0.15, 0.2) is 36.7 Å². The molecule has 3 aromatic rings. The quantitative estimate of drug-likeness (QED) is 0.730. The Kier molecular flexibility index (Phi) is 4.91. The summed E-state index contributed by atoms with van der Waals surface area (Å²) in [5.74, 6) is -0.230. The van der Waals surface area contributed by atoms with E-state index in [0.717, 1.165) is 33.6 Å². The van der Waals surface area contributed by atoms with Gasteiger partial charge < -0.3 is 10.1 Å². The van der Waals surface area contributed by atoms with Gasteiger partial charge in [0.15, 0.2) is 0 Å². The van der Waals surface area contributed by atoms with Gasteiger partial charge in [0.1, 0.15) is 5.69 Å². The van der Waals surface area contributed by atoms with Crippen LogP contribution in [0.3, 0.4) is 0 Å². The third kappa shape index (κ3) is 3.30. The number of benzene rings is 1. The van der Waals surface area contributed by atoms with Gasteiger partial charge in [-0.2, -0.15) is 5.10 Å². The van der Waals surface area contributed by atoms with Crippen molar-refractivity contribution in [1.29, 1.82) is 0 Å². The van der Waals surface area contributed by atoms with Crippen LogP contribution in [0.2, 0.25) is 5.02 Å².